The van der Waals surface area contributed by atoms with E-state index in [-0.39, 0.29) is 0 Å². The maximum atomic E-state index is 4.49. The molecule has 3 nitrogen and oxygen atoms in total. The van der Waals surface area contributed by atoms with E-state index in [1.54, 1.807) is 0 Å². The topological polar surface area (TPSA) is 29.9 Å². The summed E-state index contributed by atoms with van der Waals surface area (Å²) < 4.78 is 3.24. The highest BCUT2D eigenvalue weighted by atomic mass is 79.9. The molecule has 0 aromatic carbocycles. The van der Waals surface area contributed by atoms with Crippen LogP contribution in [0.2, 0.25) is 0 Å². The first kappa shape index (κ1) is 14.1. The largest absolute Gasteiger partial charge is 0.317 e. The molecule has 1 heterocycles. The van der Waals surface area contributed by atoms with E-state index in [0.29, 0.717) is 6.04 Å². The molecule has 0 radical (unpaired) electrons. The summed E-state index contributed by atoms with van der Waals surface area (Å²) in [7, 11) is 4.15. The highest BCUT2D eigenvalue weighted by Gasteiger charge is 2.22. The van der Waals surface area contributed by atoms with Crippen molar-refractivity contribution < 1.29 is 0 Å². The number of rotatable bonds is 3. The van der Waals surface area contributed by atoms with Crippen molar-refractivity contribution in [1.29, 1.82) is 0 Å². The number of hydrogen-bond donors (Lipinski definition) is 1. The molecule has 1 fully saturated rings. The zero-order valence-electron chi connectivity index (χ0n) is 11.7. The van der Waals surface area contributed by atoms with Crippen molar-refractivity contribution in [1.82, 2.24) is 15.1 Å². The van der Waals surface area contributed by atoms with E-state index in [0.717, 1.165) is 18.0 Å². The Hall–Kier alpha value is -0.350. The van der Waals surface area contributed by atoms with E-state index in [4.69, 9.17) is 0 Å². The van der Waals surface area contributed by atoms with Gasteiger partial charge in [0.05, 0.1) is 15.9 Å². The van der Waals surface area contributed by atoms with Gasteiger partial charge in [-0.1, -0.05) is 19.3 Å². The lowest BCUT2D eigenvalue weighted by Crippen LogP contribution is -2.27. The fraction of sp³-hybridized carbons (Fsp3) is 0.786. The van der Waals surface area contributed by atoms with Crippen LogP contribution in [0, 0.1) is 12.8 Å². The van der Waals surface area contributed by atoms with Gasteiger partial charge < -0.3 is 5.32 Å². The van der Waals surface area contributed by atoms with E-state index in [9.17, 15) is 0 Å². The van der Waals surface area contributed by atoms with Gasteiger partial charge in [0, 0.05) is 13.1 Å². The highest BCUT2D eigenvalue weighted by molar-refractivity contribution is 9.10. The second kappa shape index (κ2) is 6.20. The fourth-order valence-electron chi connectivity index (χ4n) is 3.08. The molecule has 0 saturated heterocycles. The molecule has 4 heteroatoms. The van der Waals surface area contributed by atoms with E-state index < -0.39 is 0 Å². The monoisotopic (exact) mass is 313 g/mol. The third-order valence-electron chi connectivity index (χ3n) is 4.18. The van der Waals surface area contributed by atoms with Gasteiger partial charge in [0.25, 0.3) is 0 Å². The Morgan fingerprint density at radius 2 is 2.11 bits per heavy atom. The Labute approximate surface area is 118 Å². The molecular formula is C14H24BrN3. The molecule has 2 atom stereocenters. The molecule has 0 bridgehead atoms. The van der Waals surface area contributed by atoms with Crippen molar-refractivity contribution >= 4 is 15.9 Å². The molecular weight excluding hydrogens is 290 g/mol. The van der Waals surface area contributed by atoms with Crippen molar-refractivity contribution in [3.8, 4) is 0 Å². The van der Waals surface area contributed by atoms with Crippen molar-refractivity contribution in [3.63, 3.8) is 0 Å². The van der Waals surface area contributed by atoms with Crippen LogP contribution in [-0.2, 0) is 13.5 Å². The van der Waals surface area contributed by atoms with E-state index in [1.165, 1.54) is 42.3 Å². The average molecular weight is 314 g/mol. The smallest absolute Gasteiger partial charge is 0.0738 e. The molecule has 1 aliphatic rings. The maximum Gasteiger partial charge on any atom is 0.0738 e. The minimum absolute atomic E-state index is 0.700. The first-order valence-corrected chi connectivity index (χ1v) is 7.76. The zero-order chi connectivity index (χ0) is 13.1. The summed E-state index contributed by atoms with van der Waals surface area (Å²) in [6.45, 7) is 2.07. The van der Waals surface area contributed by atoms with Crippen LogP contribution >= 0.6 is 15.9 Å². The molecule has 1 N–H and O–H groups in total. The molecule has 18 heavy (non-hydrogen) atoms. The summed E-state index contributed by atoms with van der Waals surface area (Å²) >= 11 is 3.68. The molecule has 1 saturated carbocycles. The van der Waals surface area contributed by atoms with Crippen molar-refractivity contribution in [2.45, 2.75) is 51.5 Å². The lowest BCUT2D eigenvalue weighted by Gasteiger charge is -2.19. The van der Waals surface area contributed by atoms with E-state index in [2.05, 4.69) is 47.4 Å². The van der Waals surface area contributed by atoms with Crippen LogP contribution in [-0.4, -0.2) is 22.9 Å². The van der Waals surface area contributed by atoms with Crippen LogP contribution in [0.15, 0.2) is 4.47 Å². The first-order chi connectivity index (χ1) is 8.61. The summed E-state index contributed by atoms with van der Waals surface area (Å²) in [6, 6.07) is 0.700. The van der Waals surface area contributed by atoms with Gasteiger partial charge in [-0.3, -0.25) is 4.68 Å². The number of nitrogens with one attached hydrogen (secondary N) is 1. The van der Waals surface area contributed by atoms with Gasteiger partial charge in [0.15, 0.2) is 0 Å². The first-order valence-electron chi connectivity index (χ1n) is 6.97. The molecule has 2 rings (SSSR count). The van der Waals surface area contributed by atoms with Crippen LogP contribution in [0.3, 0.4) is 0 Å². The number of nitrogens with zero attached hydrogens (tertiary/aromatic N) is 2. The Balaban J connectivity index is 2.07. The number of aromatic nitrogens is 2. The van der Waals surface area contributed by atoms with Gasteiger partial charge in [-0.05, 0) is 55.1 Å². The highest BCUT2D eigenvalue weighted by Crippen LogP contribution is 2.29. The van der Waals surface area contributed by atoms with Gasteiger partial charge in [0.1, 0.15) is 0 Å². The predicted molar refractivity (Wildman–Crippen MR) is 78.8 cm³/mol. The van der Waals surface area contributed by atoms with Crippen LogP contribution in [0.5, 0.6) is 0 Å². The molecule has 1 aromatic rings. The number of halogens is 1. The van der Waals surface area contributed by atoms with Crippen LogP contribution in [0.25, 0.3) is 0 Å². The van der Waals surface area contributed by atoms with Crippen LogP contribution in [0.4, 0.5) is 0 Å². The molecule has 0 amide bonds. The third kappa shape index (κ3) is 3.15. The second-order valence-corrected chi connectivity index (χ2v) is 6.34. The summed E-state index contributed by atoms with van der Waals surface area (Å²) in [5, 5.41) is 7.95. The second-order valence-electron chi connectivity index (χ2n) is 5.55. The Bertz CT molecular complexity index is 400. The standard InChI is InChI=1S/C14H24BrN3/c1-10-14(15)13(18(3)17-10)9-11-6-4-5-7-12(8-11)16-2/h11-12,16H,4-9H2,1-3H3. The van der Waals surface area contributed by atoms with Crippen molar-refractivity contribution in [2.75, 3.05) is 7.05 Å². The SMILES string of the molecule is CNC1CCCCC(Cc2c(Br)c(C)nn2C)C1. The van der Waals surface area contributed by atoms with Gasteiger partial charge >= 0.3 is 0 Å². The molecule has 0 spiro atoms. The third-order valence-corrected chi connectivity index (χ3v) is 5.22. The van der Waals surface area contributed by atoms with Gasteiger partial charge in [-0.2, -0.15) is 5.10 Å². The van der Waals surface area contributed by atoms with Crippen LogP contribution in [0.1, 0.15) is 43.5 Å². The van der Waals surface area contributed by atoms with Gasteiger partial charge in [-0.15, -0.1) is 0 Å². The minimum Gasteiger partial charge on any atom is -0.317 e. The summed E-state index contributed by atoms with van der Waals surface area (Å²) in [5.41, 5.74) is 2.46. The molecule has 0 aliphatic heterocycles. The lowest BCUT2D eigenvalue weighted by molar-refractivity contribution is 0.393. The van der Waals surface area contributed by atoms with Gasteiger partial charge in [0.2, 0.25) is 0 Å². The number of hydrogen-bond acceptors (Lipinski definition) is 2. The molecule has 2 unspecified atom stereocenters. The van der Waals surface area contributed by atoms with Crippen LogP contribution < -0.4 is 5.32 Å². The lowest BCUT2D eigenvalue weighted by atomic mass is 9.93. The summed E-state index contributed by atoms with van der Waals surface area (Å²) in [5.74, 6) is 0.788. The number of aryl methyl sites for hydroxylation is 2. The maximum absolute atomic E-state index is 4.49. The summed E-state index contributed by atoms with van der Waals surface area (Å²) in [4.78, 5) is 0. The predicted octanol–water partition coefficient (Wildman–Crippen LogP) is 3.20. The van der Waals surface area contributed by atoms with E-state index in [1.807, 2.05) is 4.68 Å². The minimum atomic E-state index is 0.700. The fourth-order valence-corrected chi connectivity index (χ4v) is 3.58. The van der Waals surface area contributed by atoms with Crippen molar-refractivity contribution in [3.05, 3.63) is 15.9 Å². The van der Waals surface area contributed by atoms with E-state index >= 15 is 0 Å². The average Bonchev–Trinajstić information content (AvgIpc) is 2.57. The summed E-state index contributed by atoms with van der Waals surface area (Å²) in [6.07, 6.45) is 7.88. The molecule has 102 valence electrons. The Morgan fingerprint density at radius 3 is 2.72 bits per heavy atom. The molecule has 1 aliphatic carbocycles. The molecule has 1 aromatic heterocycles. The normalized spacial score (nSPS) is 25.1. The quantitative estimate of drug-likeness (QED) is 0.868. The van der Waals surface area contributed by atoms with Gasteiger partial charge in [-0.25, -0.2) is 0 Å². The Kier molecular flexibility index (Phi) is 4.84. The van der Waals surface area contributed by atoms with Crippen molar-refractivity contribution in [2.24, 2.45) is 13.0 Å². The Morgan fingerprint density at radius 1 is 1.39 bits per heavy atom. The zero-order valence-corrected chi connectivity index (χ0v) is 13.3.